The quantitative estimate of drug-likeness (QED) is 0.417. The highest BCUT2D eigenvalue weighted by atomic mass is 35.5. The van der Waals surface area contributed by atoms with Crippen LogP contribution in [0.3, 0.4) is 0 Å². The minimum Gasteiger partial charge on any atom is -0.494 e. The number of ether oxygens (including phenoxy) is 2. The number of halogens is 2. The Hall–Kier alpha value is -3.40. The number of aromatic nitrogens is 2. The van der Waals surface area contributed by atoms with E-state index in [4.69, 9.17) is 37.8 Å². The molecule has 1 amide bonds. The Morgan fingerprint density at radius 3 is 2.40 bits per heavy atom. The average molecular weight is 520 g/mol. The van der Waals surface area contributed by atoms with Gasteiger partial charge >= 0.3 is 5.97 Å². The van der Waals surface area contributed by atoms with Crippen molar-refractivity contribution in [2.45, 2.75) is 12.5 Å². The molecule has 1 unspecified atom stereocenters. The molecule has 0 fully saturated rings. The number of aryl methyl sites for hydroxylation is 1. The third kappa shape index (κ3) is 6.19. The Labute approximate surface area is 211 Å². The van der Waals surface area contributed by atoms with Crippen LogP contribution in [0.25, 0.3) is 11.1 Å². The Balaban J connectivity index is 1.87. The molecule has 0 saturated carbocycles. The molecule has 0 aliphatic heterocycles. The summed E-state index contributed by atoms with van der Waals surface area (Å²) in [7, 11) is 2.99. The number of esters is 1. The lowest BCUT2D eigenvalue weighted by atomic mass is 10.0. The first-order chi connectivity index (χ1) is 16.8. The number of carbonyl (C=O) groups is 2. The van der Waals surface area contributed by atoms with Crippen molar-refractivity contribution in [2.24, 2.45) is 7.05 Å². The first-order valence-corrected chi connectivity index (χ1v) is 11.2. The smallest absolute Gasteiger partial charge is 0.329 e. The SMILES string of the molecule is COc1cnn(C)c(=O)c1-c1ccc(CC(NC(=O)c2c(Cl)cccc2Cl)C(=O)OCCO)cc1. The van der Waals surface area contributed by atoms with Crippen LogP contribution in [0.2, 0.25) is 10.0 Å². The largest absolute Gasteiger partial charge is 0.494 e. The first-order valence-electron chi connectivity index (χ1n) is 10.5. The number of nitrogens with one attached hydrogen (secondary N) is 1. The van der Waals surface area contributed by atoms with Gasteiger partial charge in [0.15, 0.2) is 5.75 Å². The number of amides is 1. The van der Waals surface area contributed by atoms with E-state index in [-0.39, 0.29) is 40.8 Å². The van der Waals surface area contributed by atoms with Crippen LogP contribution in [0.5, 0.6) is 5.75 Å². The summed E-state index contributed by atoms with van der Waals surface area (Å²) in [6.45, 7) is -0.581. The third-order valence-corrected chi connectivity index (χ3v) is 5.75. The zero-order valence-corrected chi connectivity index (χ0v) is 20.5. The van der Waals surface area contributed by atoms with E-state index in [0.29, 0.717) is 22.4 Å². The van der Waals surface area contributed by atoms with Gasteiger partial charge in [0, 0.05) is 13.5 Å². The summed E-state index contributed by atoms with van der Waals surface area (Å²) in [5, 5.41) is 15.8. The standard InChI is InChI=1S/C24H23Cl2N3O6/c1-29-23(32)20(19(34-2)13-27-29)15-8-6-14(7-9-15)12-18(24(33)35-11-10-30)28-22(31)21-16(25)4-3-5-17(21)26/h3-9,13,18,30H,10-12H2,1-2H3,(H,28,31). The fourth-order valence-corrected chi connectivity index (χ4v) is 3.94. The van der Waals surface area contributed by atoms with E-state index >= 15 is 0 Å². The molecule has 3 rings (SSSR count). The summed E-state index contributed by atoms with van der Waals surface area (Å²) < 4.78 is 11.5. The summed E-state index contributed by atoms with van der Waals surface area (Å²) in [5.74, 6) is -1.05. The molecule has 0 bridgehead atoms. The maximum absolute atomic E-state index is 12.9. The average Bonchev–Trinajstić information content (AvgIpc) is 2.84. The molecule has 0 saturated heterocycles. The van der Waals surface area contributed by atoms with E-state index in [1.54, 1.807) is 30.3 Å². The van der Waals surface area contributed by atoms with E-state index in [9.17, 15) is 14.4 Å². The number of hydrogen-bond donors (Lipinski definition) is 2. The molecule has 0 spiro atoms. The van der Waals surface area contributed by atoms with Crippen molar-refractivity contribution in [3.05, 3.63) is 80.2 Å². The highest BCUT2D eigenvalue weighted by molar-refractivity contribution is 6.39. The van der Waals surface area contributed by atoms with Gasteiger partial charge < -0.3 is 19.9 Å². The molecule has 184 valence electrons. The lowest BCUT2D eigenvalue weighted by Crippen LogP contribution is -2.43. The molecule has 35 heavy (non-hydrogen) atoms. The molecule has 3 aromatic rings. The number of rotatable bonds is 9. The molecule has 2 N–H and O–H groups in total. The first kappa shape index (κ1) is 26.2. The summed E-state index contributed by atoms with van der Waals surface area (Å²) in [5.41, 5.74) is 1.32. The molecular formula is C24H23Cl2N3O6. The second-order valence-corrected chi connectivity index (χ2v) is 8.25. The fraction of sp³-hybridized carbons (Fsp3) is 0.250. The molecule has 2 aromatic carbocycles. The molecule has 0 radical (unpaired) electrons. The summed E-state index contributed by atoms with van der Waals surface area (Å²) in [6, 6.07) is 10.4. The Morgan fingerprint density at radius 2 is 1.80 bits per heavy atom. The van der Waals surface area contributed by atoms with E-state index < -0.39 is 17.9 Å². The monoisotopic (exact) mass is 519 g/mol. The number of carbonyl (C=O) groups excluding carboxylic acids is 2. The number of nitrogens with zero attached hydrogens (tertiary/aromatic N) is 2. The van der Waals surface area contributed by atoms with E-state index in [0.717, 1.165) is 0 Å². The Kier molecular flexibility index (Phi) is 8.86. The van der Waals surface area contributed by atoms with Gasteiger partial charge in [-0.15, -0.1) is 0 Å². The maximum Gasteiger partial charge on any atom is 0.329 e. The number of aliphatic hydroxyl groups excluding tert-OH is 1. The Bertz CT molecular complexity index is 1260. The van der Waals surface area contributed by atoms with Gasteiger partial charge in [-0.05, 0) is 23.3 Å². The third-order valence-electron chi connectivity index (χ3n) is 5.12. The second kappa shape index (κ2) is 11.8. The van der Waals surface area contributed by atoms with Gasteiger partial charge in [0.1, 0.15) is 12.6 Å². The number of benzene rings is 2. The minimum absolute atomic E-state index is 0.0340. The van der Waals surface area contributed by atoms with Crippen LogP contribution < -0.4 is 15.6 Å². The lowest BCUT2D eigenvalue weighted by Gasteiger charge is -2.19. The van der Waals surface area contributed by atoms with Gasteiger partial charge in [-0.25, -0.2) is 9.48 Å². The Morgan fingerprint density at radius 1 is 1.14 bits per heavy atom. The van der Waals surface area contributed by atoms with Crippen LogP contribution in [-0.4, -0.2) is 53.1 Å². The topological polar surface area (TPSA) is 120 Å². The van der Waals surface area contributed by atoms with Crippen molar-refractivity contribution in [3.63, 3.8) is 0 Å². The second-order valence-electron chi connectivity index (χ2n) is 7.43. The van der Waals surface area contributed by atoms with Crippen LogP contribution in [0.4, 0.5) is 0 Å². The van der Waals surface area contributed by atoms with Gasteiger partial charge in [-0.3, -0.25) is 9.59 Å². The minimum atomic E-state index is -1.09. The summed E-state index contributed by atoms with van der Waals surface area (Å²) >= 11 is 12.2. The lowest BCUT2D eigenvalue weighted by molar-refractivity contribution is -0.146. The summed E-state index contributed by atoms with van der Waals surface area (Å²) in [4.78, 5) is 38.0. The van der Waals surface area contributed by atoms with Crippen molar-refractivity contribution in [1.29, 1.82) is 0 Å². The van der Waals surface area contributed by atoms with Crippen LogP contribution >= 0.6 is 23.2 Å². The number of methoxy groups -OCH3 is 1. The van der Waals surface area contributed by atoms with Crippen LogP contribution in [0.15, 0.2) is 53.5 Å². The highest BCUT2D eigenvalue weighted by Gasteiger charge is 2.25. The normalized spacial score (nSPS) is 11.6. The molecule has 0 aliphatic rings. The summed E-state index contributed by atoms with van der Waals surface area (Å²) in [6.07, 6.45) is 1.52. The van der Waals surface area contributed by atoms with Gasteiger partial charge in [-0.2, -0.15) is 5.10 Å². The molecule has 1 aromatic heterocycles. The molecule has 0 aliphatic carbocycles. The van der Waals surface area contributed by atoms with Crippen LogP contribution in [0, 0.1) is 0 Å². The van der Waals surface area contributed by atoms with Gasteiger partial charge in [0.2, 0.25) is 0 Å². The zero-order chi connectivity index (χ0) is 25.5. The van der Waals surface area contributed by atoms with Gasteiger partial charge in [-0.1, -0.05) is 53.5 Å². The van der Waals surface area contributed by atoms with Gasteiger partial charge in [0.25, 0.3) is 11.5 Å². The number of aliphatic hydroxyl groups is 1. The fourth-order valence-electron chi connectivity index (χ4n) is 3.37. The number of hydrogen-bond acceptors (Lipinski definition) is 7. The van der Waals surface area contributed by atoms with Crippen molar-refractivity contribution >= 4 is 35.1 Å². The molecule has 1 atom stereocenters. The predicted molar refractivity (Wildman–Crippen MR) is 131 cm³/mol. The van der Waals surface area contributed by atoms with E-state index in [2.05, 4.69) is 10.4 Å². The van der Waals surface area contributed by atoms with E-state index in [1.165, 1.54) is 37.2 Å². The van der Waals surface area contributed by atoms with Crippen molar-refractivity contribution in [2.75, 3.05) is 20.3 Å². The maximum atomic E-state index is 12.9. The molecule has 9 nitrogen and oxygen atoms in total. The predicted octanol–water partition coefficient (Wildman–Crippen LogP) is 2.64. The van der Waals surface area contributed by atoms with Crippen LogP contribution in [0.1, 0.15) is 15.9 Å². The van der Waals surface area contributed by atoms with Crippen molar-refractivity contribution in [1.82, 2.24) is 15.1 Å². The van der Waals surface area contributed by atoms with E-state index in [1.807, 2.05) is 0 Å². The highest BCUT2D eigenvalue weighted by Crippen LogP contribution is 2.26. The van der Waals surface area contributed by atoms with Crippen molar-refractivity contribution in [3.8, 4) is 16.9 Å². The van der Waals surface area contributed by atoms with Crippen molar-refractivity contribution < 1.29 is 24.2 Å². The zero-order valence-electron chi connectivity index (χ0n) is 19.0. The molecule has 11 heteroatoms. The van der Waals surface area contributed by atoms with Gasteiger partial charge in [0.05, 0.1) is 41.1 Å². The molecular weight excluding hydrogens is 497 g/mol. The molecule has 1 heterocycles. The van der Waals surface area contributed by atoms with Crippen LogP contribution in [-0.2, 0) is 23.0 Å².